The quantitative estimate of drug-likeness (QED) is 0.207. The van der Waals surface area contributed by atoms with Crippen LogP contribution in [0, 0.1) is 23.2 Å². The number of pyridine rings is 1. The minimum atomic E-state index is -4.62. The molecule has 242 valence electrons. The summed E-state index contributed by atoms with van der Waals surface area (Å²) in [6, 6.07) is 13.8. The third-order valence-corrected chi connectivity index (χ3v) is 9.48. The third kappa shape index (κ3) is 6.20. The van der Waals surface area contributed by atoms with Gasteiger partial charge in [0, 0.05) is 44.4 Å². The van der Waals surface area contributed by atoms with Crippen molar-refractivity contribution in [3.05, 3.63) is 76.6 Å². The molecule has 0 spiro atoms. The molecule has 12 heteroatoms. The second kappa shape index (κ2) is 12.1. The van der Waals surface area contributed by atoms with Gasteiger partial charge in [-0.15, -0.1) is 10.2 Å². The Balaban J connectivity index is 1.29. The highest BCUT2D eigenvalue weighted by Crippen LogP contribution is 2.41. The van der Waals surface area contributed by atoms with Crippen molar-refractivity contribution in [2.24, 2.45) is 18.9 Å². The zero-order valence-electron chi connectivity index (χ0n) is 26.3. The summed E-state index contributed by atoms with van der Waals surface area (Å²) < 4.78 is 45.2. The number of likely N-dealkylation sites (tertiary alicyclic amines) is 1. The summed E-state index contributed by atoms with van der Waals surface area (Å²) in [5, 5.41) is 21.4. The lowest BCUT2D eigenvalue weighted by atomic mass is 9.94. The number of amides is 1. The fourth-order valence-corrected chi connectivity index (χ4v) is 6.61. The van der Waals surface area contributed by atoms with Crippen LogP contribution in [0.25, 0.3) is 22.5 Å². The van der Waals surface area contributed by atoms with Crippen LogP contribution in [0.3, 0.4) is 0 Å². The van der Waals surface area contributed by atoms with Crippen molar-refractivity contribution >= 4 is 17.5 Å². The summed E-state index contributed by atoms with van der Waals surface area (Å²) in [7, 11) is 1.82. The van der Waals surface area contributed by atoms with Crippen LogP contribution in [-0.4, -0.2) is 50.2 Å². The zero-order chi connectivity index (χ0) is 32.9. The molecule has 1 saturated carbocycles. The molecule has 2 aromatic carbocycles. The van der Waals surface area contributed by atoms with E-state index in [2.05, 4.69) is 33.4 Å². The molecule has 1 N–H and O–H groups in total. The molecule has 1 saturated heterocycles. The van der Waals surface area contributed by atoms with Crippen LogP contribution in [-0.2, 0) is 26.3 Å². The van der Waals surface area contributed by atoms with Crippen LogP contribution in [0.1, 0.15) is 65.2 Å². The number of anilines is 2. The smallest absolute Gasteiger partial charge is 0.370 e. The summed E-state index contributed by atoms with van der Waals surface area (Å²) in [6.45, 7) is 4.57. The number of carbonyl (C=O) groups is 1. The van der Waals surface area contributed by atoms with Gasteiger partial charge in [0.2, 0.25) is 0 Å². The van der Waals surface area contributed by atoms with Crippen molar-refractivity contribution in [1.29, 1.82) is 5.26 Å². The fourth-order valence-electron chi connectivity index (χ4n) is 6.61. The Bertz CT molecular complexity index is 1880. The Kier molecular flexibility index (Phi) is 7.96. The highest BCUT2D eigenvalue weighted by atomic mass is 19.4. The van der Waals surface area contributed by atoms with E-state index in [0.29, 0.717) is 64.4 Å². The lowest BCUT2D eigenvalue weighted by Gasteiger charge is -2.39. The molecule has 3 aliphatic rings. The number of hydrogen-bond donors (Lipinski definition) is 1. The molecule has 4 heterocycles. The summed E-state index contributed by atoms with van der Waals surface area (Å²) in [5.74, 6) is 2.01. The molecule has 2 fully saturated rings. The molecule has 1 aliphatic carbocycles. The van der Waals surface area contributed by atoms with Gasteiger partial charge < -0.3 is 9.88 Å². The van der Waals surface area contributed by atoms with E-state index in [1.54, 1.807) is 41.2 Å². The predicted octanol–water partition coefficient (Wildman–Crippen LogP) is 6.65. The van der Waals surface area contributed by atoms with Crippen LogP contribution < -0.4 is 10.2 Å². The van der Waals surface area contributed by atoms with Crippen molar-refractivity contribution in [2.75, 3.05) is 29.9 Å². The molecule has 9 nitrogen and oxygen atoms in total. The molecular weight excluding hydrogens is 605 g/mol. The molecule has 0 bridgehead atoms. The Morgan fingerprint density at radius 2 is 1.85 bits per heavy atom. The number of aromatic nitrogens is 4. The van der Waals surface area contributed by atoms with Gasteiger partial charge in [0.05, 0.1) is 23.7 Å². The summed E-state index contributed by atoms with van der Waals surface area (Å²) in [4.78, 5) is 22.2. The molecule has 0 radical (unpaired) electrons. The number of carbonyl (C=O) groups excluding carboxylic acids is 1. The van der Waals surface area contributed by atoms with E-state index >= 15 is 0 Å². The van der Waals surface area contributed by atoms with Gasteiger partial charge in [0.1, 0.15) is 18.0 Å². The van der Waals surface area contributed by atoms with Gasteiger partial charge in [-0.25, -0.2) is 4.98 Å². The van der Waals surface area contributed by atoms with Crippen molar-refractivity contribution in [3.63, 3.8) is 0 Å². The topological polar surface area (TPSA) is 103 Å². The summed E-state index contributed by atoms with van der Waals surface area (Å²) in [6.07, 6.45) is 1.36. The number of fused-ring (bicyclic) bond motifs is 1. The standard InChI is InChI=1S/C35H35F3N8O/c1-3-21-16-45(17-21)18-24-11-28-29(30(12-24)35(36,37)38)19-46(34(28)47)32-14-25(13-31(42-32)40-9-8-22-4-5-22)27-10-23(15-39)6-7-26(27)33-43-41-20-44(33)2/h6-7,10-14,20-22H,3-5,8-9,16-19H2,1-2H3,(H,40,42). The van der Waals surface area contributed by atoms with Gasteiger partial charge in [-0.1, -0.05) is 26.2 Å². The van der Waals surface area contributed by atoms with Gasteiger partial charge in [0.25, 0.3) is 5.91 Å². The number of halogens is 3. The lowest BCUT2D eigenvalue weighted by Crippen LogP contribution is -2.45. The Hall–Kier alpha value is -4.76. The Labute approximate surface area is 271 Å². The average Bonchev–Trinajstić information content (AvgIpc) is 3.67. The van der Waals surface area contributed by atoms with E-state index in [4.69, 9.17) is 4.98 Å². The van der Waals surface area contributed by atoms with E-state index in [1.807, 2.05) is 13.1 Å². The first-order chi connectivity index (χ1) is 22.6. The first-order valence-electron chi connectivity index (χ1n) is 16.0. The van der Waals surface area contributed by atoms with Crippen LogP contribution in [0.2, 0.25) is 0 Å². The van der Waals surface area contributed by atoms with Crippen LogP contribution in [0.4, 0.5) is 24.8 Å². The first-order valence-corrected chi connectivity index (χ1v) is 16.0. The van der Waals surface area contributed by atoms with E-state index < -0.39 is 17.6 Å². The van der Waals surface area contributed by atoms with Crippen LogP contribution >= 0.6 is 0 Å². The fraction of sp³-hybridized carbons (Fsp3) is 0.400. The van der Waals surface area contributed by atoms with E-state index in [0.717, 1.165) is 25.9 Å². The molecule has 2 aromatic heterocycles. The number of nitrogens with zero attached hydrogens (tertiary/aromatic N) is 7. The minimum absolute atomic E-state index is 0.0389. The first kappa shape index (κ1) is 30.9. The average molecular weight is 641 g/mol. The normalized spacial score (nSPS) is 16.7. The lowest BCUT2D eigenvalue weighted by molar-refractivity contribution is -0.138. The maximum Gasteiger partial charge on any atom is 0.416 e. The molecule has 0 atom stereocenters. The van der Waals surface area contributed by atoms with Gasteiger partial charge >= 0.3 is 6.18 Å². The number of nitriles is 1. The van der Waals surface area contributed by atoms with E-state index in [-0.39, 0.29) is 23.5 Å². The minimum Gasteiger partial charge on any atom is -0.370 e. The Morgan fingerprint density at radius 3 is 2.53 bits per heavy atom. The zero-order valence-corrected chi connectivity index (χ0v) is 26.3. The van der Waals surface area contributed by atoms with Crippen LogP contribution in [0.5, 0.6) is 0 Å². The van der Waals surface area contributed by atoms with Crippen LogP contribution in [0.15, 0.2) is 48.8 Å². The number of alkyl halides is 3. The van der Waals surface area contributed by atoms with Gasteiger partial charge in [-0.05, 0) is 83.0 Å². The summed E-state index contributed by atoms with van der Waals surface area (Å²) in [5.41, 5.74) is 2.16. The molecule has 1 amide bonds. The summed E-state index contributed by atoms with van der Waals surface area (Å²) >= 11 is 0. The maximum absolute atomic E-state index is 14.5. The molecule has 47 heavy (non-hydrogen) atoms. The number of benzene rings is 2. The van der Waals surface area contributed by atoms with Crippen molar-refractivity contribution < 1.29 is 18.0 Å². The molecular formula is C35H35F3N8O. The predicted molar refractivity (Wildman–Crippen MR) is 171 cm³/mol. The van der Waals surface area contributed by atoms with Gasteiger partial charge in [-0.3, -0.25) is 14.6 Å². The number of nitrogens with one attached hydrogen (secondary N) is 1. The highest BCUT2D eigenvalue weighted by Gasteiger charge is 2.41. The van der Waals surface area contributed by atoms with Crippen molar-refractivity contribution in [2.45, 2.75) is 51.9 Å². The molecule has 0 unspecified atom stereocenters. The molecule has 2 aliphatic heterocycles. The second-order valence-corrected chi connectivity index (χ2v) is 12.9. The van der Waals surface area contributed by atoms with E-state index in [1.165, 1.54) is 23.8 Å². The largest absolute Gasteiger partial charge is 0.416 e. The van der Waals surface area contributed by atoms with E-state index in [9.17, 15) is 23.2 Å². The SMILES string of the molecule is CCC1CN(Cc2cc3c(c(C(F)(F)F)c2)CN(c2cc(-c4cc(C#N)ccc4-c4nncn4C)cc(NCCC4CC4)n2)C3=O)C1. The van der Waals surface area contributed by atoms with Crippen molar-refractivity contribution in [3.8, 4) is 28.6 Å². The number of aryl methyl sites for hydroxylation is 1. The second-order valence-electron chi connectivity index (χ2n) is 12.9. The van der Waals surface area contributed by atoms with Gasteiger partial charge in [-0.2, -0.15) is 18.4 Å². The Morgan fingerprint density at radius 1 is 1.04 bits per heavy atom. The maximum atomic E-state index is 14.5. The number of hydrogen-bond acceptors (Lipinski definition) is 7. The van der Waals surface area contributed by atoms with Gasteiger partial charge in [0.15, 0.2) is 5.82 Å². The highest BCUT2D eigenvalue weighted by molar-refractivity contribution is 6.10. The van der Waals surface area contributed by atoms with Crippen molar-refractivity contribution in [1.82, 2.24) is 24.6 Å². The molecule has 7 rings (SSSR count). The number of rotatable bonds is 10. The third-order valence-electron chi connectivity index (χ3n) is 9.48. The molecule has 4 aromatic rings. The monoisotopic (exact) mass is 640 g/mol.